The maximum atomic E-state index is 10.4. The van der Waals surface area contributed by atoms with Crippen LogP contribution < -0.4 is 0 Å². The van der Waals surface area contributed by atoms with Crippen LogP contribution in [0.1, 0.15) is 27.9 Å². The second kappa shape index (κ2) is 5.34. The molecule has 0 atom stereocenters. The zero-order valence-corrected chi connectivity index (χ0v) is 13.0. The number of hydrogen-bond acceptors (Lipinski definition) is 3. The molecule has 0 amide bonds. The van der Waals surface area contributed by atoms with Crippen molar-refractivity contribution in [3.8, 4) is 11.5 Å². The van der Waals surface area contributed by atoms with Crippen LogP contribution in [-0.2, 0) is 6.42 Å². The second-order valence-electron chi connectivity index (χ2n) is 5.72. The molecule has 112 valence electrons. The van der Waals surface area contributed by atoms with Gasteiger partial charge < -0.3 is 10.2 Å². The lowest BCUT2D eigenvalue weighted by Gasteiger charge is -2.15. The highest BCUT2D eigenvalue weighted by Crippen LogP contribution is 2.37. The average molecular weight is 293 g/mol. The number of hydrogen-bond donors (Lipinski definition) is 2. The first-order valence-corrected chi connectivity index (χ1v) is 7.34. The molecule has 0 saturated carbocycles. The van der Waals surface area contributed by atoms with Crippen LogP contribution in [0.15, 0.2) is 36.4 Å². The fourth-order valence-electron chi connectivity index (χ4n) is 2.79. The highest BCUT2D eigenvalue weighted by atomic mass is 16.3. The molecular formula is C19H19NO2. The maximum absolute atomic E-state index is 10.4. The Labute approximate surface area is 129 Å². The lowest BCUT2D eigenvalue weighted by Crippen LogP contribution is -1.99. The standard InChI is InChI=1S/C19H19NO2/c1-11-12(2)19(22)16(13(3)18(11)21)10-15-9-8-14-6-4-5-7-17(14)20-15/h4-9,21-22H,10H2,1-3H3. The molecule has 0 radical (unpaired) electrons. The van der Waals surface area contributed by atoms with E-state index in [9.17, 15) is 10.2 Å². The molecule has 22 heavy (non-hydrogen) atoms. The number of phenolic OH excluding ortho intramolecular Hbond substituents is 2. The van der Waals surface area contributed by atoms with Gasteiger partial charge in [0.1, 0.15) is 11.5 Å². The van der Waals surface area contributed by atoms with Crippen molar-refractivity contribution in [1.29, 1.82) is 0 Å². The summed E-state index contributed by atoms with van der Waals surface area (Å²) in [6.07, 6.45) is 0.497. The summed E-state index contributed by atoms with van der Waals surface area (Å²) in [6, 6.07) is 11.9. The van der Waals surface area contributed by atoms with Gasteiger partial charge in [0, 0.05) is 23.1 Å². The third-order valence-electron chi connectivity index (χ3n) is 4.38. The van der Waals surface area contributed by atoms with Gasteiger partial charge in [0.2, 0.25) is 0 Å². The van der Waals surface area contributed by atoms with Crippen molar-refractivity contribution in [1.82, 2.24) is 4.98 Å². The highest BCUT2D eigenvalue weighted by molar-refractivity contribution is 5.78. The molecule has 0 aliphatic rings. The molecule has 0 aliphatic carbocycles. The molecule has 2 aromatic carbocycles. The van der Waals surface area contributed by atoms with Crippen molar-refractivity contribution in [2.24, 2.45) is 0 Å². The quantitative estimate of drug-likeness (QED) is 0.697. The fourth-order valence-corrected chi connectivity index (χ4v) is 2.79. The zero-order chi connectivity index (χ0) is 15.9. The molecule has 3 aromatic rings. The van der Waals surface area contributed by atoms with Gasteiger partial charge in [-0.05, 0) is 49.6 Å². The summed E-state index contributed by atoms with van der Waals surface area (Å²) in [6.45, 7) is 5.47. The Morgan fingerprint density at radius 3 is 2.27 bits per heavy atom. The normalized spacial score (nSPS) is 11.0. The maximum Gasteiger partial charge on any atom is 0.122 e. The Bertz CT molecular complexity index is 840. The van der Waals surface area contributed by atoms with Gasteiger partial charge in [-0.2, -0.15) is 0 Å². The average Bonchev–Trinajstić information content (AvgIpc) is 2.55. The molecule has 3 heteroatoms. The van der Waals surface area contributed by atoms with Crippen LogP contribution in [0.3, 0.4) is 0 Å². The molecular weight excluding hydrogens is 274 g/mol. The molecule has 3 rings (SSSR count). The topological polar surface area (TPSA) is 53.4 Å². The predicted octanol–water partition coefficient (Wildman–Crippen LogP) is 4.16. The van der Waals surface area contributed by atoms with Gasteiger partial charge in [-0.25, -0.2) is 0 Å². The first-order valence-electron chi connectivity index (χ1n) is 7.34. The Kier molecular flexibility index (Phi) is 3.49. The van der Waals surface area contributed by atoms with Crippen LogP contribution in [0.25, 0.3) is 10.9 Å². The number of fused-ring (bicyclic) bond motifs is 1. The largest absolute Gasteiger partial charge is 0.507 e. The van der Waals surface area contributed by atoms with Gasteiger partial charge in [-0.15, -0.1) is 0 Å². The third kappa shape index (κ3) is 2.29. The number of pyridine rings is 1. The van der Waals surface area contributed by atoms with Crippen LogP contribution in [0.5, 0.6) is 11.5 Å². The minimum Gasteiger partial charge on any atom is -0.507 e. The smallest absolute Gasteiger partial charge is 0.122 e. The summed E-state index contributed by atoms with van der Waals surface area (Å²) < 4.78 is 0. The lowest BCUT2D eigenvalue weighted by atomic mass is 9.94. The van der Waals surface area contributed by atoms with Crippen LogP contribution >= 0.6 is 0 Å². The van der Waals surface area contributed by atoms with Gasteiger partial charge in [0.15, 0.2) is 0 Å². The summed E-state index contributed by atoms with van der Waals surface area (Å²) in [7, 11) is 0. The van der Waals surface area contributed by atoms with Crippen LogP contribution in [0.4, 0.5) is 0 Å². The van der Waals surface area contributed by atoms with Crippen molar-refractivity contribution < 1.29 is 10.2 Å². The summed E-state index contributed by atoms with van der Waals surface area (Å²) in [5.74, 6) is 0.508. The van der Waals surface area contributed by atoms with E-state index in [0.717, 1.165) is 38.9 Å². The number of benzene rings is 2. The SMILES string of the molecule is Cc1c(C)c(O)c(Cc2ccc3ccccc3n2)c(C)c1O. The van der Waals surface area contributed by atoms with E-state index >= 15 is 0 Å². The number of para-hydroxylation sites is 1. The minimum absolute atomic E-state index is 0.253. The second-order valence-corrected chi connectivity index (χ2v) is 5.72. The number of nitrogens with zero attached hydrogens (tertiary/aromatic N) is 1. The Morgan fingerprint density at radius 2 is 1.50 bits per heavy atom. The van der Waals surface area contributed by atoms with Crippen molar-refractivity contribution in [2.45, 2.75) is 27.2 Å². The minimum atomic E-state index is 0.253. The van der Waals surface area contributed by atoms with Gasteiger partial charge in [-0.1, -0.05) is 24.3 Å². The number of rotatable bonds is 2. The molecule has 0 unspecified atom stereocenters. The van der Waals surface area contributed by atoms with Crippen molar-refractivity contribution in [3.63, 3.8) is 0 Å². The molecule has 0 spiro atoms. The lowest BCUT2D eigenvalue weighted by molar-refractivity contribution is 0.444. The van der Waals surface area contributed by atoms with Crippen LogP contribution in [-0.4, -0.2) is 15.2 Å². The van der Waals surface area contributed by atoms with E-state index in [1.165, 1.54) is 0 Å². The van der Waals surface area contributed by atoms with E-state index in [-0.39, 0.29) is 11.5 Å². The summed E-state index contributed by atoms with van der Waals surface area (Å²) in [5.41, 5.74) is 4.72. The van der Waals surface area contributed by atoms with E-state index in [1.54, 1.807) is 0 Å². The van der Waals surface area contributed by atoms with E-state index in [0.29, 0.717) is 6.42 Å². The monoisotopic (exact) mass is 293 g/mol. The molecule has 0 fully saturated rings. The van der Waals surface area contributed by atoms with E-state index in [4.69, 9.17) is 0 Å². The Hall–Kier alpha value is -2.55. The van der Waals surface area contributed by atoms with Gasteiger partial charge in [0.05, 0.1) is 5.52 Å². The molecule has 0 saturated heterocycles. The van der Waals surface area contributed by atoms with Crippen molar-refractivity contribution in [2.75, 3.05) is 0 Å². The first kappa shape index (κ1) is 14.4. The fraction of sp³-hybridized carbons (Fsp3) is 0.211. The first-order chi connectivity index (χ1) is 10.5. The summed E-state index contributed by atoms with van der Waals surface area (Å²) in [5, 5.41) is 21.7. The van der Waals surface area contributed by atoms with Crippen molar-refractivity contribution >= 4 is 10.9 Å². The van der Waals surface area contributed by atoms with E-state index in [1.807, 2.05) is 57.2 Å². The summed E-state index contributed by atoms with van der Waals surface area (Å²) >= 11 is 0. The van der Waals surface area contributed by atoms with Gasteiger partial charge >= 0.3 is 0 Å². The summed E-state index contributed by atoms with van der Waals surface area (Å²) in [4.78, 5) is 4.64. The van der Waals surface area contributed by atoms with Crippen LogP contribution in [0.2, 0.25) is 0 Å². The molecule has 2 N–H and O–H groups in total. The third-order valence-corrected chi connectivity index (χ3v) is 4.38. The molecule has 0 aliphatic heterocycles. The van der Waals surface area contributed by atoms with Crippen molar-refractivity contribution in [3.05, 3.63) is 64.3 Å². The molecule has 0 bridgehead atoms. The molecule has 1 aromatic heterocycles. The molecule has 1 heterocycles. The Morgan fingerprint density at radius 1 is 0.818 bits per heavy atom. The zero-order valence-electron chi connectivity index (χ0n) is 13.0. The van der Waals surface area contributed by atoms with Crippen LogP contribution in [0, 0.1) is 20.8 Å². The van der Waals surface area contributed by atoms with E-state index in [2.05, 4.69) is 4.98 Å². The highest BCUT2D eigenvalue weighted by Gasteiger charge is 2.17. The number of phenols is 2. The predicted molar refractivity (Wildman–Crippen MR) is 88.5 cm³/mol. The van der Waals surface area contributed by atoms with E-state index < -0.39 is 0 Å². The number of aromatic nitrogens is 1. The molecule has 3 nitrogen and oxygen atoms in total. The van der Waals surface area contributed by atoms with Gasteiger partial charge in [-0.3, -0.25) is 4.98 Å². The number of aromatic hydroxyl groups is 2. The Balaban J connectivity index is 2.08. The van der Waals surface area contributed by atoms with Gasteiger partial charge in [0.25, 0.3) is 0 Å².